The van der Waals surface area contributed by atoms with Crippen LogP contribution in [0.15, 0.2) is 53.5 Å². The Labute approximate surface area is 98.8 Å². The Hall–Kier alpha value is -2.41. The normalized spacial score (nSPS) is 11.7. The van der Waals surface area contributed by atoms with Crippen LogP contribution in [-0.2, 0) is 6.54 Å². The van der Waals surface area contributed by atoms with E-state index in [0.29, 0.717) is 0 Å². The van der Waals surface area contributed by atoms with Crippen LogP contribution in [0.2, 0.25) is 0 Å². The molecule has 17 heavy (non-hydrogen) atoms. The van der Waals surface area contributed by atoms with Crippen LogP contribution in [0.3, 0.4) is 0 Å². The maximum absolute atomic E-state index is 11.5. The van der Waals surface area contributed by atoms with Crippen molar-refractivity contribution in [3.63, 3.8) is 0 Å². The first-order valence-corrected chi connectivity index (χ1v) is 5.28. The second kappa shape index (κ2) is 5.08. The summed E-state index contributed by atoms with van der Waals surface area (Å²) >= 11 is 0. The van der Waals surface area contributed by atoms with Crippen LogP contribution in [0.4, 0.5) is 0 Å². The molecule has 1 heterocycles. The van der Waals surface area contributed by atoms with Gasteiger partial charge in [0.05, 0.1) is 18.5 Å². The molecule has 1 unspecified atom stereocenters. The zero-order valence-corrected chi connectivity index (χ0v) is 9.15. The summed E-state index contributed by atoms with van der Waals surface area (Å²) in [5.74, 6) is -0.358. The van der Waals surface area contributed by atoms with E-state index in [2.05, 4.69) is 11.2 Å². The third-order valence-corrected chi connectivity index (χ3v) is 2.50. The van der Waals surface area contributed by atoms with Crippen LogP contribution >= 0.6 is 0 Å². The van der Waals surface area contributed by atoms with Gasteiger partial charge < -0.3 is 0 Å². The van der Waals surface area contributed by atoms with Crippen molar-refractivity contribution in [1.29, 1.82) is 5.26 Å². The van der Waals surface area contributed by atoms with E-state index in [-0.39, 0.29) is 18.0 Å². The first kappa shape index (κ1) is 11.1. The zero-order valence-electron chi connectivity index (χ0n) is 9.15. The van der Waals surface area contributed by atoms with E-state index in [4.69, 9.17) is 5.26 Å². The molecule has 1 aromatic carbocycles. The predicted molar refractivity (Wildman–Crippen MR) is 63.3 cm³/mol. The van der Waals surface area contributed by atoms with Gasteiger partial charge in [-0.05, 0) is 11.6 Å². The molecule has 0 N–H and O–H groups in total. The number of nitriles is 1. The van der Waals surface area contributed by atoms with Crippen LogP contribution < -0.4 is 5.56 Å². The molecule has 0 spiro atoms. The minimum atomic E-state index is -0.358. The van der Waals surface area contributed by atoms with Gasteiger partial charge in [-0.2, -0.15) is 10.4 Å². The molecule has 4 heteroatoms. The number of hydrogen-bond donors (Lipinski definition) is 0. The fourth-order valence-electron chi connectivity index (χ4n) is 1.60. The molecule has 4 nitrogen and oxygen atoms in total. The molecule has 0 radical (unpaired) electrons. The van der Waals surface area contributed by atoms with Crippen LogP contribution in [0.25, 0.3) is 0 Å². The summed E-state index contributed by atoms with van der Waals surface area (Å²) in [6.07, 6.45) is 1.54. The molecule has 2 aromatic rings. The smallest absolute Gasteiger partial charge is 0.266 e. The second-order valence-corrected chi connectivity index (χ2v) is 3.64. The number of hydrogen-bond acceptors (Lipinski definition) is 3. The molecule has 0 saturated heterocycles. The summed E-state index contributed by atoms with van der Waals surface area (Å²) < 4.78 is 1.31. The SMILES string of the molecule is N#CC(Cn1ncccc1=O)c1ccccc1. The lowest BCUT2D eigenvalue weighted by Gasteiger charge is -2.09. The highest BCUT2D eigenvalue weighted by atomic mass is 16.1. The topological polar surface area (TPSA) is 58.7 Å². The van der Waals surface area contributed by atoms with Crippen LogP contribution in [0.1, 0.15) is 11.5 Å². The molecule has 1 aromatic heterocycles. The lowest BCUT2D eigenvalue weighted by Crippen LogP contribution is -2.24. The average molecular weight is 225 g/mol. The molecule has 0 aliphatic rings. The zero-order chi connectivity index (χ0) is 12.1. The quantitative estimate of drug-likeness (QED) is 0.796. The van der Waals surface area contributed by atoms with Gasteiger partial charge >= 0.3 is 0 Å². The Kier molecular flexibility index (Phi) is 3.31. The molecule has 0 aliphatic carbocycles. The van der Waals surface area contributed by atoms with Gasteiger partial charge in [0.2, 0.25) is 0 Å². The van der Waals surface area contributed by atoms with Gasteiger partial charge in [0.25, 0.3) is 5.56 Å². The summed E-state index contributed by atoms with van der Waals surface area (Å²) in [6.45, 7) is 0.278. The summed E-state index contributed by atoms with van der Waals surface area (Å²) in [5.41, 5.74) is 0.705. The standard InChI is InChI=1S/C13H11N3O/c14-9-12(11-5-2-1-3-6-11)10-16-13(17)7-4-8-15-16/h1-8,12H,10H2. The van der Waals surface area contributed by atoms with Gasteiger partial charge in [-0.15, -0.1) is 0 Å². The summed E-state index contributed by atoms with van der Waals surface area (Å²) in [5, 5.41) is 13.1. The maximum Gasteiger partial charge on any atom is 0.266 e. The van der Waals surface area contributed by atoms with Gasteiger partial charge in [-0.1, -0.05) is 30.3 Å². The highest BCUT2D eigenvalue weighted by Crippen LogP contribution is 2.15. The third kappa shape index (κ3) is 2.58. The van der Waals surface area contributed by atoms with Gasteiger partial charge in [0.15, 0.2) is 0 Å². The summed E-state index contributed by atoms with van der Waals surface area (Å²) in [6, 6.07) is 14.6. The van der Waals surface area contributed by atoms with Crippen molar-refractivity contribution in [3.05, 3.63) is 64.6 Å². The summed E-state index contributed by atoms with van der Waals surface area (Å²) in [7, 11) is 0. The van der Waals surface area contributed by atoms with Crippen molar-refractivity contribution in [2.75, 3.05) is 0 Å². The number of nitrogens with zero attached hydrogens (tertiary/aromatic N) is 3. The first-order valence-electron chi connectivity index (χ1n) is 5.28. The van der Waals surface area contributed by atoms with Gasteiger partial charge in [0, 0.05) is 12.3 Å². The molecule has 84 valence electrons. The third-order valence-electron chi connectivity index (χ3n) is 2.50. The number of benzene rings is 1. The Balaban J connectivity index is 2.26. The molecule has 0 aliphatic heterocycles. The van der Waals surface area contributed by atoms with E-state index in [1.165, 1.54) is 10.7 Å². The van der Waals surface area contributed by atoms with Gasteiger partial charge in [-0.25, -0.2) is 4.68 Å². The lowest BCUT2D eigenvalue weighted by molar-refractivity contribution is 0.547. The average Bonchev–Trinajstić information content (AvgIpc) is 2.39. The molecule has 0 saturated carbocycles. The van der Waals surface area contributed by atoms with E-state index in [1.54, 1.807) is 12.3 Å². The minimum absolute atomic E-state index is 0.191. The summed E-state index contributed by atoms with van der Waals surface area (Å²) in [4.78, 5) is 11.5. The fraction of sp³-hybridized carbons (Fsp3) is 0.154. The number of rotatable bonds is 3. The molecule has 0 amide bonds. The lowest BCUT2D eigenvalue weighted by atomic mass is 10.0. The minimum Gasteiger partial charge on any atom is -0.268 e. The van der Waals surface area contributed by atoms with Gasteiger partial charge in [0.1, 0.15) is 0 Å². The Morgan fingerprint density at radius 1 is 1.24 bits per heavy atom. The van der Waals surface area contributed by atoms with Crippen molar-refractivity contribution < 1.29 is 0 Å². The van der Waals surface area contributed by atoms with Crippen molar-refractivity contribution in [3.8, 4) is 6.07 Å². The highest BCUT2D eigenvalue weighted by Gasteiger charge is 2.11. The Morgan fingerprint density at radius 3 is 2.65 bits per heavy atom. The van der Waals surface area contributed by atoms with Crippen LogP contribution in [0.5, 0.6) is 0 Å². The first-order chi connectivity index (χ1) is 8.31. The monoisotopic (exact) mass is 225 g/mol. The van der Waals surface area contributed by atoms with Crippen molar-refractivity contribution >= 4 is 0 Å². The van der Waals surface area contributed by atoms with Crippen molar-refractivity contribution in [2.24, 2.45) is 0 Å². The largest absolute Gasteiger partial charge is 0.268 e. The fourth-order valence-corrected chi connectivity index (χ4v) is 1.60. The number of aromatic nitrogens is 2. The Bertz CT molecular complexity index is 583. The predicted octanol–water partition coefficient (Wildman–Crippen LogP) is 1.55. The van der Waals surface area contributed by atoms with E-state index >= 15 is 0 Å². The van der Waals surface area contributed by atoms with E-state index in [9.17, 15) is 4.79 Å². The highest BCUT2D eigenvalue weighted by molar-refractivity contribution is 5.24. The van der Waals surface area contributed by atoms with Crippen LogP contribution in [0, 0.1) is 11.3 Å². The van der Waals surface area contributed by atoms with E-state index < -0.39 is 0 Å². The molecule has 0 bridgehead atoms. The molecular formula is C13H11N3O. The van der Waals surface area contributed by atoms with Crippen molar-refractivity contribution in [2.45, 2.75) is 12.5 Å². The van der Waals surface area contributed by atoms with E-state index in [1.807, 2.05) is 30.3 Å². The van der Waals surface area contributed by atoms with E-state index in [0.717, 1.165) is 5.56 Å². The molecular weight excluding hydrogens is 214 g/mol. The molecule has 2 rings (SSSR count). The van der Waals surface area contributed by atoms with Crippen LogP contribution in [-0.4, -0.2) is 9.78 Å². The maximum atomic E-state index is 11.5. The second-order valence-electron chi connectivity index (χ2n) is 3.64. The molecule has 1 atom stereocenters. The Morgan fingerprint density at radius 2 is 2.00 bits per heavy atom. The van der Waals surface area contributed by atoms with Crippen molar-refractivity contribution in [1.82, 2.24) is 9.78 Å². The van der Waals surface area contributed by atoms with Gasteiger partial charge in [-0.3, -0.25) is 4.79 Å². The molecule has 0 fully saturated rings.